The summed E-state index contributed by atoms with van der Waals surface area (Å²) >= 11 is 0. The van der Waals surface area contributed by atoms with Gasteiger partial charge in [0.1, 0.15) is 6.29 Å². The van der Waals surface area contributed by atoms with E-state index in [4.69, 9.17) is 9.47 Å². The Labute approximate surface area is 164 Å². The fraction of sp³-hybridized carbons (Fsp3) is 0.286. The van der Waals surface area contributed by atoms with Crippen molar-refractivity contribution in [2.45, 2.75) is 20.3 Å². The summed E-state index contributed by atoms with van der Waals surface area (Å²) in [7, 11) is 0. The maximum absolute atomic E-state index is 12.0. The molecule has 0 aliphatic carbocycles. The van der Waals surface area contributed by atoms with Crippen LogP contribution in [0.3, 0.4) is 0 Å². The van der Waals surface area contributed by atoms with Crippen molar-refractivity contribution in [3.8, 4) is 11.5 Å². The Morgan fingerprint density at radius 1 is 1.00 bits per heavy atom. The molecule has 0 radical (unpaired) electrons. The Hall–Kier alpha value is -3.35. The number of carbonyl (C=O) groups is 3. The van der Waals surface area contributed by atoms with Crippen LogP contribution in [0.1, 0.15) is 29.8 Å². The van der Waals surface area contributed by atoms with Gasteiger partial charge in [0.05, 0.1) is 13.2 Å². The zero-order chi connectivity index (χ0) is 20.4. The zero-order valence-corrected chi connectivity index (χ0v) is 16.0. The predicted octanol–water partition coefficient (Wildman–Crippen LogP) is 2.59. The second-order valence-electron chi connectivity index (χ2n) is 5.88. The van der Waals surface area contributed by atoms with Gasteiger partial charge in [0.2, 0.25) is 5.91 Å². The van der Waals surface area contributed by atoms with Crippen molar-refractivity contribution in [2.75, 3.05) is 25.1 Å². The molecule has 7 heteroatoms. The molecule has 0 bridgehead atoms. The molecule has 2 aromatic rings. The van der Waals surface area contributed by atoms with Gasteiger partial charge in [0.25, 0.3) is 5.91 Å². The van der Waals surface area contributed by atoms with E-state index in [9.17, 15) is 14.4 Å². The topological polar surface area (TPSA) is 93.7 Å². The number of para-hydroxylation sites is 1. The minimum Gasteiger partial charge on any atom is -0.490 e. The van der Waals surface area contributed by atoms with Gasteiger partial charge in [-0.1, -0.05) is 25.1 Å². The van der Waals surface area contributed by atoms with Gasteiger partial charge < -0.3 is 20.1 Å². The van der Waals surface area contributed by atoms with E-state index in [-0.39, 0.29) is 19.1 Å². The van der Waals surface area contributed by atoms with Gasteiger partial charge in [0.15, 0.2) is 18.1 Å². The van der Waals surface area contributed by atoms with E-state index in [1.54, 1.807) is 25.1 Å². The number of hydrogen-bond acceptors (Lipinski definition) is 5. The molecule has 0 saturated heterocycles. The number of benzene rings is 2. The van der Waals surface area contributed by atoms with Crippen molar-refractivity contribution in [2.24, 2.45) is 0 Å². The van der Waals surface area contributed by atoms with Crippen LogP contribution < -0.4 is 20.1 Å². The molecule has 0 aromatic heterocycles. The van der Waals surface area contributed by atoms with E-state index in [1.807, 2.05) is 31.2 Å². The molecule has 2 amide bonds. The van der Waals surface area contributed by atoms with Gasteiger partial charge in [-0.2, -0.15) is 0 Å². The van der Waals surface area contributed by atoms with Crippen LogP contribution in [0.5, 0.6) is 11.5 Å². The van der Waals surface area contributed by atoms with Gasteiger partial charge in [-0.3, -0.25) is 14.4 Å². The highest BCUT2D eigenvalue weighted by atomic mass is 16.5. The highest BCUT2D eigenvalue weighted by Gasteiger charge is 2.11. The van der Waals surface area contributed by atoms with Crippen LogP contribution in [0.15, 0.2) is 42.5 Å². The molecule has 0 fully saturated rings. The number of carbonyl (C=O) groups excluding carboxylic acids is 3. The average molecular weight is 384 g/mol. The molecule has 0 saturated carbocycles. The summed E-state index contributed by atoms with van der Waals surface area (Å²) in [5, 5.41) is 5.29. The Morgan fingerprint density at radius 3 is 2.50 bits per heavy atom. The smallest absolute Gasteiger partial charge is 0.258 e. The van der Waals surface area contributed by atoms with E-state index >= 15 is 0 Å². The summed E-state index contributed by atoms with van der Waals surface area (Å²) in [5.41, 5.74) is 2.20. The molecule has 148 valence electrons. The number of ether oxygens (including phenoxy) is 2. The Bertz CT molecular complexity index is 835. The lowest BCUT2D eigenvalue weighted by atomic mass is 10.1. The normalized spacial score (nSPS) is 10.1. The van der Waals surface area contributed by atoms with Crippen LogP contribution in [-0.2, 0) is 16.0 Å². The van der Waals surface area contributed by atoms with E-state index in [0.717, 1.165) is 17.7 Å². The number of rotatable bonds is 10. The third kappa shape index (κ3) is 6.12. The summed E-state index contributed by atoms with van der Waals surface area (Å²) in [5.74, 6) is -0.0295. The van der Waals surface area contributed by atoms with Gasteiger partial charge >= 0.3 is 0 Å². The monoisotopic (exact) mass is 384 g/mol. The van der Waals surface area contributed by atoms with E-state index in [1.165, 1.54) is 0 Å². The highest BCUT2D eigenvalue weighted by Crippen LogP contribution is 2.27. The van der Waals surface area contributed by atoms with Crippen molar-refractivity contribution in [1.82, 2.24) is 5.32 Å². The lowest BCUT2D eigenvalue weighted by Crippen LogP contribution is -2.36. The first kappa shape index (κ1) is 21.0. The maximum Gasteiger partial charge on any atom is 0.258 e. The van der Waals surface area contributed by atoms with Gasteiger partial charge in [-0.15, -0.1) is 0 Å². The molecule has 0 unspecified atom stereocenters. The fourth-order valence-corrected chi connectivity index (χ4v) is 2.50. The standard InChI is InChI=1S/C21H24N2O5/c1-3-16-7-5-6-8-17(16)23-20(25)12-22-21(26)14-28-18-10-9-15(13-24)11-19(18)27-4-2/h5-11,13H,3-4,12,14H2,1-2H3,(H,22,26)(H,23,25). The molecule has 28 heavy (non-hydrogen) atoms. The Balaban J connectivity index is 1.84. The number of aryl methyl sites for hydroxylation is 1. The summed E-state index contributed by atoms with van der Waals surface area (Å²) < 4.78 is 10.9. The molecular weight excluding hydrogens is 360 g/mol. The summed E-state index contributed by atoms with van der Waals surface area (Å²) in [6, 6.07) is 12.2. The van der Waals surface area contributed by atoms with Crippen molar-refractivity contribution in [1.29, 1.82) is 0 Å². The highest BCUT2D eigenvalue weighted by molar-refractivity contribution is 5.95. The second kappa shape index (κ2) is 10.7. The third-order valence-corrected chi connectivity index (χ3v) is 3.88. The van der Waals surface area contributed by atoms with Gasteiger partial charge in [-0.05, 0) is 43.2 Å². The lowest BCUT2D eigenvalue weighted by molar-refractivity contribution is -0.125. The van der Waals surface area contributed by atoms with Crippen LogP contribution in [0.25, 0.3) is 0 Å². The number of hydrogen-bond donors (Lipinski definition) is 2. The molecule has 0 aliphatic heterocycles. The molecule has 0 spiro atoms. The number of aldehydes is 1. The molecular formula is C21H24N2O5. The molecule has 7 nitrogen and oxygen atoms in total. The van der Waals surface area contributed by atoms with Gasteiger partial charge in [-0.25, -0.2) is 0 Å². The fourth-order valence-electron chi connectivity index (χ4n) is 2.50. The van der Waals surface area contributed by atoms with Crippen LogP contribution in [0.2, 0.25) is 0 Å². The molecule has 2 N–H and O–H groups in total. The first-order valence-electron chi connectivity index (χ1n) is 9.06. The Morgan fingerprint density at radius 2 is 1.79 bits per heavy atom. The third-order valence-electron chi connectivity index (χ3n) is 3.88. The van der Waals surface area contributed by atoms with Crippen LogP contribution in [0, 0.1) is 0 Å². The molecule has 0 atom stereocenters. The van der Waals surface area contributed by atoms with Crippen LogP contribution in [0.4, 0.5) is 5.69 Å². The summed E-state index contributed by atoms with van der Waals surface area (Å²) in [6.07, 6.45) is 1.50. The SMILES string of the molecule is CCOc1cc(C=O)ccc1OCC(=O)NCC(=O)Nc1ccccc1CC. The zero-order valence-electron chi connectivity index (χ0n) is 16.0. The lowest BCUT2D eigenvalue weighted by Gasteiger charge is -2.13. The van der Waals surface area contributed by atoms with Crippen LogP contribution in [-0.4, -0.2) is 37.9 Å². The van der Waals surface area contributed by atoms with E-state index < -0.39 is 5.91 Å². The molecule has 0 aliphatic rings. The summed E-state index contributed by atoms with van der Waals surface area (Å²) in [6.45, 7) is 3.76. The predicted molar refractivity (Wildman–Crippen MR) is 106 cm³/mol. The average Bonchev–Trinajstić information content (AvgIpc) is 2.71. The second-order valence-corrected chi connectivity index (χ2v) is 5.88. The van der Waals surface area contributed by atoms with Crippen molar-refractivity contribution in [3.05, 3.63) is 53.6 Å². The molecule has 2 rings (SSSR count). The largest absolute Gasteiger partial charge is 0.490 e. The van der Waals surface area contributed by atoms with E-state index in [0.29, 0.717) is 30.0 Å². The van der Waals surface area contributed by atoms with Crippen molar-refractivity contribution in [3.63, 3.8) is 0 Å². The Kier molecular flexibility index (Phi) is 8.02. The first-order chi connectivity index (χ1) is 13.6. The minimum absolute atomic E-state index is 0.164. The number of nitrogens with one attached hydrogen (secondary N) is 2. The van der Waals surface area contributed by atoms with Crippen LogP contribution >= 0.6 is 0 Å². The van der Waals surface area contributed by atoms with E-state index in [2.05, 4.69) is 10.6 Å². The quantitative estimate of drug-likeness (QED) is 0.614. The number of amides is 2. The van der Waals surface area contributed by atoms with Crippen molar-refractivity contribution < 1.29 is 23.9 Å². The molecule has 0 heterocycles. The first-order valence-corrected chi connectivity index (χ1v) is 9.06. The molecule has 2 aromatic carbocycles. The summed E-state index contributed by atoms with van der Waals surface area (Å²) in [4.78, 5) is 34.9. The number of anilines is 1. The van der Waals surface area contributed by atoms with Gasteiger partial charge in [0, 0.05) is 11.3 Å². The minimum atomic E-state index is -0.444. The van der Waals surface area contributed by atoms with Crippen molar-refractivity contribution >= 4 is 23.8 Å². The maximum atomic E-state index is 12.0.